The van der Waals surface area contributed by atoms with Gasteiger partial charge in [-0.3, -0.25) is 10.1 Å². The SMILES string of the molecule is CC.Cc1c(Cl)cc([N+](=O)[O-])cc1C(=O)O. The second-order valence-corrected chi connectivity index (χ2v) is 3.07. The highest BCUT2D eigenvalue weighted by Crippen LogP contribution is 2.25. The van der Waals surface area contributed by atoms with E-state index in [1.165, 1.54) is 6.92 Å². The van der Waals surface area contributed by atoms with E-state index in [1.54, 1.807) is 0 Å². The van der Waals surface area contributed by atoms with Gasteiger partial charge in [-0.2, -0.15) is 0 Å². The standard InChI is InChI=1S/C8H6ClNO4.C2H6/c1-4-6(8(11)12)2-5(10(13)14)3-7(4)9;1-2/h2-3H,1H3,(H,11,12);1-2H3. The fraction of sp³-hybridized carbons (Fsp3) is 0.300. The van der Waals surface area contributed by atoms with E-state index in [0.29, 0.717) is 5.56 Å². The largest absolute Gasteiger partial charge is 0.478 e. The van der Waals surface area contributed by atoms with E-state index in [1.807, 2.05) is 13.8 Å². The number of halogens is 1. The number of hydrogen-bond acceptors (Lipinski definition) is 3. The smallest absolute Gasteiger partial charge is 0.336 e. The van der Waals surface area contributed by atoms with Gasteiger partial charge in [-0.25, -0.2) is 4.79 Å². The van der Waals surface area contributed by atoms with Crippen molar-refractivity contribution in [3.05, 3.63) is 38.4 Å². The summed E-state index contributed by atoms with van der Waals surface area (Å²) in [5.74, 6) is -1.23. The monoisotopic (exact) mass is 245 g/mol. The Morgan fingerprint density at radius 3 is 2.31 bits per heavy atom. The van der Waals surface area contributed by atoms with Gasteiger partial charge < -0.3 is 5.11 Å². The molecule has 0 saturated heterocycles. The molecule has 88 valence electrons. The molecule has 0 radical (unpaired) electrons. The predicted octanol–water partition coefficient (Wildman–Crippen LogP) is 3.28. The van der Waals surface area contributed by atoms with Gasteiger partial charge in [0.05, 0.1) is 15.5 Å². The Labute approximate surface area is 97.8 Å². The van der Waals surface area contributed by atoms with Gasteiger partial charge in [0.15, 0.2) is 0 Å². The lowest BCUT2D eigenvalue weighted by atomic mass is 10.1. The molecule has 0 heterocycles. The molecule has 0 saturated carbocycles. The van der Waals surface area contributed by atoms with Crippen LogP contribution in [-0.4, -0.2) is 16.0 Å². The molecule has 1 N–H and O–H groups in total. The van der Waals surface area contributed by atoms with Crippen molar-refractivity contribution >= 4 is 23.3 Å². The maximum Gasteiger partial charge on any atom is 0.336 e. The van der Waals surface area contributed by atoms with E-state index in [0.717, 1.165) is 12.1 Å². The zero-order chi connectivity index (χ0) is 12.9. The third-order valence-electron chi connectivity index (χ3n) is 1.77. The van der Waals surface area contributed by atoms with Gasteiger partial charge in [-0.1, -0.05) is 25.4 Å². The highest BCUT2D eigenvalue weighted by atomic mass is 35.5. The average molecular weight is 246 g/mol. The highest BCUT2D eigenvalue weighted by Gasteiger charge is 2.16. The number of rotatable bonds is 2. The lowest BCUT2D eigenvalue weighted by Crippen LogP contribution is -2.01. The Morgan fingerprint density at radius 1 is 1.44 bits per heavy atom. The van der Waals surface area contributed by atoms with Crippen molar-refractivity contribution < 1.29 is 14.8 Å². The van der Waals surface area contributed by atoms with Crippen LogP contribution < -0.4 is 0 Å². The molecule has 0 fully saturated rings. The highest BCUT2D eigenvalue weighted by molar-refractivity contribution is 6.32. The minimum Gasteiger partial charge on any atom is -0.478 e. The topological polar surface area (TPSA) is 80.4 Å². The van der Waals surface area contributed by atoms with Crippen molar-refractivity contribution in [1.29, 1.82) is 0 Å². The summed E-state index contributed by atoms with van der Waals surface area (Å²) in [4.78, 5) is 20.4. The summed E-state index contributed by atoms with van der Waals surface area (Å²) in [6.45, 7) is 5.50. The van der Waals surface area contributed by atoms with Crippen LogP contribution in [0.1, 0.15) is 29.8 Å². The Hall–Kier alpha value is -1.62. The Morgan fingerprint density at radius 2 is 1.94 bits per heavy atom. The summed E-state index contributed by atoms with van der Waals surface area (Å²) in [5.41, 5.74) is -0.146. The van der Waals surface area contributed by atoms with Crippen LogP contribution >= 0.6 is 11.6 Å². The first kappa shape index (κ1) is 14.4. The van der Waals surface area contributed by atoms with Crippen LogP contribution in [0, 0.1) is 17.0 Å². The van der Waals surface area contributed by atoms with Gasteiger partial charge >= 0.3 is 5.97 Å². The maximum atomic E-state index is 10.7. The molecule has 16 heavy (non-hydrogen) atoms. The molecular weight excluding hydrogens is 234 g/mol. The van der Waals surface area contributed by atoms with E-state index in [9.17, 15) is 14.9 Å². The zero-order valence-corrected chi connectivity index (χ0v) is 9.91. The zero-order valence-electron chi connectivity index (χ0n) is 9.15. The van der Waals surface area contributed by atoms with Gasteiger partial charge in [0.25, 0.3) is 5.69 Å². The molecule has 1 aromatic rings. The Bertz CT molecular complexity index is 418. The number of carboxylic acid groups (broad SMARTS) is 1. The third-order valence-corrected chi connectivity index (χ3v) is 2.16. The van der Waals surface area contributed by atoms with E-state index in [2.05, 4.69) is 0 Å². The second kappa shape index (κ2) is 6.07. The Kier molecular flexibility index (Phi) is 5.46. The normalized spacial score (nSPS) is 9.00. The van der Waals surface area contributed by atoms with Crippen molar-refractivity contribution in [3.63, 3.8) is 0 Å². The van der Waals surface area contributed by atoms with Gasteiger partial charge in [-0.05, 0) is 12.5 Å². The van der Waals surface area contributed by atoms with Crippen molar-refractivity contribution in [2.75, 3.05) is 0 Å². The van der Waals surface area contributed by atoms with Crippen LogP contribution in [0.25, 0.3) is 0 Å². The molecule has 0 aliphatic carbocycles. The van der Waals surface area contributed by atoms with Crippen molar-refractivity contribution in [2.24, 2.45) is 0 Å². The lowest BCUT2D eigenvalue weighted by molar-refractivity contribution is -0.384. The molecule has 1 aromatic carbocycles. The summed E-state index contributed by atoms with van der Waals surface area (Å²) in [5, 5.41) is 19.2. The second-order valence-electron chi connectivity index (χ2n) is 2.66. The summed E-state index contributed by atoms with van der Waals surface area (Å²) in [7, 11) is 0. The van der Waals surface area contributed by atoms with E-state index >= 15 is 0 Å². The van der Waals surface area contributed by atoms with Gasteiger partial charge in [-0.15, -0.1) is 0 Å². The molecule has 0 aromatic heterocycles. The van der Waals surface area contributed by atoms with Crippen molar-refractivity contribution in [1.82, 2.24) is 0 Å². The summed E-state index contributed by atoms with van der Waals surface area (Å²) >= 11 is 5.64. The number of carbonyl (C=O) groups is 1. The molecule has 0 aliphatic rings. The first-order valence-electron chi connectivity index (χ1n) is 4.61. The predicted molar refractivity (Wildman–Crippen MR) is 61.2 cm³/mol. The lowest BCUT2D eigenvalue weighted by Gasteiger charge is -2.02. The summed E-state index contributed by atoms with van der Waals surface area (Å²) in [6, 6.07) is 2.12. The minimum atomic E-state index is -1.23. The van der Waals surface area contributed by atoms with Crippen LogP contribution in [0.4, 0.5) is 5.69 Å². The third kappa shape index (κ3) is 3.20. The van der Waals surface area contributed by atoms with Crippen LogP contribution in [0.2, 0.25) is 5.02 Å². The maximum absolute atomic E-state index is 10.7. The number of non-ortho nitro benzene ring substituents is 1. The number of nitrogens with zero attached hydrogens (tertiary/aromatic N) is 1. The molecule has 0 atom stereocenters. The quantitative estimate of drug-likeness (QED) is 0.640. The molecule has 6 heteroatoms. The average Bonchev–Trinajstić information content (AvgIpc) is 2.24. The van der Waals surface area contributed by atoms with Crippen LogP contribution in [0.3, 0.4) is 0 Å². The molecule has 5 nitrogen and oxygen atoms in total. The number of hydrogen-bond donors (Lipinski definition) is 1. The number of nitro groups is 1. The summed E-state index contributed by atoms with van der Waals surface area (Å²) < 4.78 is 0. The summed E-state index contributed by atoms with van der Waals surface area (Å²) in [6.07, 6.45) is 0. The number of nitro benzene ring substituents is 1. The van der Waals surface area contributed by atoms with E-state index < -0.39 is 10.9 Å². The molecule has 0 unspecified atom stereocenters. The molecule has 0 spiro atoms. The number of benzene rings is 1. The van der Waals surface area contributed by atoms with Gasteiger partial charge in [0, 0.05) is 12.1 Å². The minimum absolute atomic E-state index is 0.0802. The first-order chi connectivity index (χ1) is 7.43. The van der Waals surface area contributed by atoms with E-state index in [-0.39, 0.29) is 16.3 Å². The Balaban J connectivity index is 0.00000106. The fourth-order valence-electron chi connectivity index (χ4n) is 0.992. The van der Waals surface area contributed by atoms with Gasteiger partial charge in [0.2, 0.25) is 0 Å². The fourth-order valence-corrected chi connectivity index (χ4v) is 1.21. The molecule has 0 amide bonds. The van der Waals surface area contributed by atoms with E-state index in [4.69, 9.17) is 16.7 Å². The van der Waals surface area contributed by atoms with Crippen molar-refractivity contribution in [3.8, 4) is 0 Å². The molecule has 1 rings (SSSR count). The molecular formula is C10H12ClNO4. The number of carboxylic acids is 1. The number of aromatic carboxylic acids is 1. The molecule has 0 bridgehead atoms. The van der Waals surface area contributed by atoms with Crippen LogP contribution in [-0.2, 0) is 0 Å². The molecule has 0 aliphatic heterocycles. The van der Waals surface area contributed by atoms with Gasteiger partial charge in [0.1, 0.15) is 0 Å². The van der Waals surface area contributed by atoms with Crippen molar-refractivity contribution in [2.45, 2.75) is 20.8 Å². The van der Waals surface area contributed by atoms with Crippen LogP contribution in [0.15, 0.2) is 12.1 Å². The first-order valence-corrected chi connectivity index (χ1v) is 4.99. The van der Waals surface area contributed by atoms with Crippen LogP contribution in [0.5, 0.6) is 0 Å².